The van der Waals surface area contributed by atoms with Crippen LogP contribution in [0.2, 0.25) is 0 Å². The van der Waals surface area contributed by atoms with Gasteiger partial charge in [0.2, 0.25) is 0 Å². The van der Waals surface area contributed by atoms with Gasteiger partial charge in [0.05, 0.1) is 0 Å². The zero-order valence-electron chi connectivity index (χ0n) is 35.8. The van der Waals surface area contributed by atoms with E-state index in [4.69, 9.17) is 0 Å². The van der Waals surface area contributed by atoms with Crippen LogP contribution < -0.4 is 0 Å². The van der Waals surface area contributed by atoms with E-state index in [9.17, 15) is 0 Å². The summed E-state index contributed by atoms with van der Waals surface area (Å²) in [6.07, 6.45) is 1.60. The smallest absolute Gasteiger partial charge is 0.0246 e. The molecular weight excluding hydrogens is 753 g/mol. The Kier molecular flexibility index (Phi) is 11.4. The number of aryl methyl sites for hydroxylation is 8. The normalized spacial score (nSPS) is 11.6. The maximum Gasteiger partial charge on any atom is 0.0246 e. The lowest BCUT2D eigenvalue weighted by Gasteiger charge is -2.26. The average Bonchev–Trinajstić information content (AvgIpc) is 3.14. The zero-order chi connectivity index (χ0) is 40.8. The molecule has 0 nitrogen and oxygen atoms in total. The molecule has 0 N–H and O–H groups in total. The van der Waals surface area contributed by atoms with Crippen molar-refractivity contribution in [1.82, 2.24) is 0 Å². The molecule has 0 unspecified atom stereocenters. The number of benzene rings is 7. The fraction of sp³-hybridized carbons (Fsp3) is 0.250. The summed E-state index contributed by atoms with van der Waals surface area (Å²) < 4.78 is 1.20. The molecule has 0 fully saturated rings. The van der Waals surface area contributed by atoms with Crippen LogP contribution in [0.4, 0.5) is 0 Å². The van der Waals surface area contributed by atoms with E-state index >= 15 is 0 Å². The lowest BCUT2D eigenvalue weighted by atomic mass is 9.79. The Hall–Kier alpha value is -4.98. The molecule has 0 radical (unpaired) electrons. The summed E-state index contributed by atoms with van der Waals surface area (Å²) in [5.74, 6) is 0. The molecule has 0 atom stereocenters. The van der Waals surface area contributed by atoms with Gasteiger partial charge >= 0.3 is 0 Å². The van der Waals surface area contributed by atoms with Crippen molar-refractivity contribution >= 4 is 15.9 Å². The molecule has 0 aliphatic rings. The fourth-order valence-electron chi connectivity index (χ4n) is 9.27. The Morgan fingerprint density at radius 2 is 0.596 bits per heavy atom. The standard InChI is InChI=1S/C56H57Br/c1-34-18-12-19-35(2)51(34)45-26-16-27-46(52-36(3)20-13-21-37(52)4)49(45)32-42-30-44(56(9,10)11)31-43(55(42)57)33-50-47(53-38(5)22-14-23-39(53)6)28-17-29-48(50)54-40(7)24-15-25-41(54)8/h12-31H,32-33H2,1-11H3. The molecule has 7 aromatic carbocycles. The van der Waals surface area contributed by atoms with Gasteiger partial charge in [-0.3, -0.25) is 0 Å². The second-order valence-electron chi connectivity index (χ2n) is 17.4. The Morgan fingerprint density at radius 3 is 0.825 bits per heavy atom. The third-order valence-electron chi connectivity index (χ3n) is 12.2. The van der Waals surface area contributed by atoms with Crippen LogP contribution in [0.25, 0.3) is 44.5 Å². The summed E-state index contributed by atoms with van der Waals surface area (Å²) in [6, 6.07) is 45.7. The molecule has 0 amide bonds. The van der Waals surface area contributed by atoms with Crippen LogP contribution in [0, 0.1) is 55.4 Å². The first-order valence-electron chi connectivity index (χ1n) is 20.5. The van der Waals surface area contributed by atoms with Crippen molar-refractivity contribution in [3.05, 3.63) is 198 Å². The molecule has 0 aliphatic heterocycles. The highest BCUT2D eigenvalue weighted by Crippen LogP contribution is 2.44. The van der Waals surface area contributed by atoms with E-state index in [-0.39, 0.29) is 5.41 Å². The minimum atomic E-state index is -0.0483. The van der Waals surface area contributed by atoms with E-state index in [1.165, 1.54) is 121 Å². The molecule has 0 saturated heterocycles. The molecule has 288 valence electrons. The molecule has 0 aromatic heterocycles. The van der Waals surface area contributed by atoms with E-state index < -0.39 is 0 Å². The van der Waals surface area contributed by atoms with Crippen LogP contribution in [0.15, 0.2) is 126 Å². The van der Waals surface area contributed by atoms with E-state index in [2.05, 4.69) is 213 Å². The zero-order valence-corrected chi connectivity index (χ0v) is 37.4. The molecule has 57 heavy (non-hydrogen) atoms. The predicted octanol–water partition coefficient (Wildman–Crippen LogP) is 16.1. The summed E-state index contributed by atoms with van der Waals surface area (Å²) in [7, 11) is 0. The predicted molar refractivity (Wildman–Crippen MR) is 251 cm³/mol. The van der Waals surface area contributed by atoms with Crippen molar-refractivity contribution < 1.29 is 0 Å². The number of rotatable bonds is 8. The van der Waals surface area contributed by atoms with Gasteiger partial charge in [-0.1, -0.05) is 158 Å². The highest BCUT2D eigenvalue weighted by Gasteiger charge is 2.25. The van der Waals surface area contributed by atoms with E-state index in [1.54, 1.807) is 0 Å². The van der Waals surface area contributed by atoms with Crippen molar-refractivity contribution in [2.75, 3.05) is 0 Å². The highest BCUT2D eigenvalue weighted by atomic mass is 79.9. The van der Waals surface area contributed by atoms with Crippen LogP contribution in [-0.2, 0) is 18.3 Å². The topological polar surface area (TPSA) is 0 Å². The lowest BCUT2D eigenvalue weighted by molar-refractivity contribution is 0.588. The molecule has 7 rings (SSSR count). The van der Waals surface area contributed by atoms with Gasteiger partial charge in [-0.2, -0.15) is 0 Å². The summed E-state index contributed by atoms with van der Waals surface area (Å²) >= 11 is 4.34. The third kappa shape index (κ3) is 7.84. The Labute approximate surface area is 351 Å². The minimum Gasteiger partial charge on any atom is -0.0617 e. The number of halogens is 1. The minimum absolute atomic E-state index is 0.0483. The molecule has 7 aromatic rings. The molecular formula is C56H57Br. The van der Waals surface area contributed by atoms with Crippen LogP contribution in [0.1, 0.15) is 93.1 Å². The first-order chi connectivity index (χ1) is 27.1. The molecule has 0 heterocycles. The van der Waals surface area contributed by atoms with Crippen LogP contribution in [0.3, 0.4) is 0 Å². The number of hydrogen-bond acceptors (Lipinski definition) is 0. The maximum absolute atomic E-state index is 4.34. The highest BCUT2D eigenvalue weighted by molar-refractivity contribution is 9.10. The quantitative estimate of drug-likeness (QED) is 0.143. The van der Waals surface area contributed by atoms with Gasteiger partial charge < -0.3 is 0 Å². The maximum atomic E-state index is 4.34. The van der Waals surface area contributed by atoms with Gasteiger partial charge in [-0.25, -0.2) is 0 Å². The summed E-state index contributed by atoms with van der Waals surface area (Å²) in [4.78, 5) is 0. The summed E-state index contributed by atoms with van der Waals surface area (Å²) in [6.45, 7) is 25.1. The monoisotopic (exact) mass is 808 g/mol. The Balaban J connectivity index is 1.50. The van der Waals surface area contributed by atoms with E-state index in [0.29, 0.717) is 0 Å². The summed E-state index contributed by atoms with van der Waals surface area (Å²) in [5.41, 5.74) is 27.8. The molecule has 0 spiro atoms. The van der Waals surface area contributed by atoms with Crippen molar-refractivity contribution in [1.29, 1.82) is 0 Å². The van der Waals surface area contributed by atoms with Gasteiger partial charge in [-0.05, 0) is 190 Å². The first kappa shape index (κ1) is 40.2. The van der Waals surface area contributed by atoms with Gasteiger partial charge in [-0.15, -0.1) is 0 Å². The lowest BCUT2D eigenvalue weighted by Crippen LogP contribution is -2.13. The van der Waals surface area contributed by atoms with Crippen LogP contribution >= 0.6 is 15.9 Å². The molecule has 0 bridgehead atoms. The summed E-state index contributed by atoms with van der Waals surface area (Å²) in [5, 5.41) is 0. The van der Waals surface area contributed by atoms with Gasteiger partial charge in [0.15, 0.2) is 0 Å². The van der Waals surface area contributed by atoms with Crippen molar-refractivity contribution in [2.45, 2.75) is 94.4 Å². The molecule has 1 heteroatoms. The first-order valence-corrected chi connectivity index (χ1v) is 21.3. The average molecular weight is 810 g/mol. The van der Waals surface area contributed by atoms with Crippen molar-refractivity contribution in [2.24, 2.45) is 0 Å². The SMILES string of the molecule is Cc1cccc(C)c1-c1cccc(-c2c(C)cccc2C)c1Cc1cc(C(C)(C)C)cc(Cc2c(-c3c(C)cccc3C)cccc2-c2c(C)cccc2C)c1Br. The Bertz CT molecular complexity index is 2250. The largest absolute Gasteiger partial charge is 0.0617 e. The van der Waals surface area contributed by atoms with Gasteiger partial charge in [0.1, 0.15) is 0 Å². The van der Waals surface area contributed by atoms with E-state index in [0.717, 1.165) is 12.8 Å². The second-order valence-corrected chi connectivity index (χ2v) is 18.2. The Morgan fingerprint density at radius 1 is 0.368 bits per heavy atom. The van der Waals surface area contributed by atoms with Crippen LogP contribution in [0.5, 0.6) is 0 Å². The van der Waals surface area contributed by atoms with Crippen LogP contribution in [-0.4, -0.2) is 0 Å². The number of hydrogen-bond donors (Lipinski definition) is 0. The fourth-order valence-corrected chi connectivity index (χ4v) is 9.78. The van der Waals surface area contributed by atoms with Crippen molar-refractivity contribution in [3.63, 3.8) is 0 Å². The molecule has 0 saturated carbocycles. The van der Waals surface area contributed by atoms with Gasteiger partial charge in [0, 0.05) is 4.47 Å². The molecule has 0 aliphatic carbocycles. The van der Waals surface area contributed by atoms with Gasteiger partial charge in [0.25, 0.3) is 0 Å². The van der Waals surface area contributed by atoms with E-state index in [1.807, 2.05) is 0 Å². The van der Waals surface area contributed by atoms with Crippen molar-refractivity contribution in [3.8, 4) is 44.5 Å². The third-order valence-corrected chi connectivity index (χ3v) is 13.2. The second kappa shape index (κ2) is 16.1.